The maximum absolute atomic E-state index is 10.2. The molecular formula is C20H33N3O3S. The molecule has 27 heavy (non-hydrogen) atoms. The molecule has 152 valence electrons. The molecule has 1 rings (SSSR count). The first kappa shape index (κ1) is 23.6. The zero-order valence-corrected chi connectivity index (χ0v) is 18.4. The Hall–Kier alpha value is -1.41. The van der Waals surface area contributed by atoms with E-state index in [1.165, 1.54) is 18.7 Å². The summed E-state index contributed by atoms with van der Waals surface area (Å²) >= 11 is 1.32. The fourth-order valence-corrected chi connectivity index (χ4v) is 3.04. The minimum atomic E-state index is -1.67. The van der Waals surface area contributed by atoms with Crippen molar-refractivity contribution in [3.63, 3.8) is 0 Å². The van der Waals surface area contributed by atoms with Gasteiger partial charge in [0.15, 0.2) is 5.17 Å². The highest BCUT2D eigenvalue weighted by Gasteiger charge is 2.27. The maximum Gasteiger partial charge on any atom is 0.278 e. The number of hydrogen-bond donors (Lipinski definition) is 2. The second kappa shape index (κ2) is 10.8. The smallest absolute Gasteiger partial charge is 0.278 e. The van der Waals surface area contributed by atoms with E-state index in [2.05, 4.69) is 33.7 Å². The van der Waals surface area contributed by atoms with Crippen LogP contribution in [0.4, 0.5) is 5.69 Å². The third kappa shape index (κ3) is 9.91. The number of anilines is 1. The summed E-state index contributed by atoms with van der Waals surface area (Å²) in [6, 6.07) is 6.17. The van der Waals surface area contributed by atoms with Crippen LogP contribution in [0.1, 0.15) is 52.7 Å². The predicted octanol–water partition coefficient (Wildman–Crippen LogP) is 4.90. The lowest BCUT2D eigenvalue weighted by molar-refractivity contribution is -0.363. The van der Waals surface area contributed by atoms with Gasteiger partial charge in [-0.3, -0.25) is 0 Å². The number of benzene rings is 1. The quantitative estimate of drug-likeness (QED) is 0.283. The summed E-state index contributed by atoms with van der Waals surface area (Å²) in [5.74, 6) is -1.37. The highest BCUT2D eigenvalue weighted by molar-refractivity contribution is 8.14. The van der Waals surface area contributed by atoms with Crippen LogP contribution in [0.25, 0.3) is 0 Å². The number of aliphatic hydroxyl groups is 1. The largest absolute Gasteiger partial charge is 0.344 e. The van der Waals surface area contributed by atoms with E-state index in [1.54, 1.807) is 6.21 Å². The van der Waals surface area contributed by atoms with E-state index < -0.39 is 11.4 Å². The number of aryl methyl sites for hydroxylation is 2. The minimum Gasteiger partial charge on any atom is -0.344 e. The molecule has 2 N–H and O–H groups in total. The van der Waals surface area contributed by atoms with Gasteiger partial charge in [0.1, 0.15) is 5.44 Å². The number of rotatable bonds is 8. The van der Waals surface area contributed by atoms with Crippen LogP contribution in [0.15, 0.2) is 28.4 Å². The lowest BCUT2D eigenvalue weighted by Gasteiger charge is -2.29. The summed E-state index contributed by atoms with van der Waals surface area (Å²) < 4.78 is 11.0. The molecule has 6 nitrogen and oxygen atoms in total. The maximum atomic E-state index is 10.2. The summed E-state index contributed by atoms with van der Waals surface area (Å²) in [5, 5.41) is 22.6. The SMILES string of the molecule is Cc1ccc(C)c(N/C(=N/N=C/C(C)C)SC(C)OC(C)(O)OC(C)C)c1. The molecule has 0 fully saturated rings. The van der Waals surface area contributed by atoms with Crippen molar-refractivity contribution in [2.24, 2.45) is 16.1 Å². The molecule has 0 bridgehead atoms. The molecule has 1 aromatic carbocycles. The van der Waals surface area contributed by atoms with E-state index >= 15 is 0 Å². The predicted molar refractivity (Wildman–Crippen MR) is 115 cm³/mol. The zero-order chi connectivity index (χ0) is 20.6. The highest BCUT2D eigenvalue weighted by atomic mass is 32.2. The first-order chi connectivity index (χ1) is 12.5. The zero-order valence-electron chi connectivity index (χ0n) is 17.6. The second-order valence-corrected chi connectivity index (χ2v) is 8.51. The van der Waals surface area contributed by atoms with Crippen LogP contribution >= 0.6 is 11.8 Å². The van der Waals surface area contributed by atoms with Gasteiger partial charge in [-0.2, -0.15) is 5.10 Å². The average molecular weight is 396 g/mol. The Bertz CT molecular complexity index is 658. The van der Waals surface area contributed by atoms with Gasteiger partial charge in [0.05, 0.1) is 6.10 Å². The van der Waals surface area contributed by atoms with E-state index in [9.17, 15) is 5.11 Å². The molecule has 2 atom stereocenters. The van der Waals surface area contributed by atoms with Crippen LogP contribution in [-0.2, 0) is 9.47 Å². The molecule has 0 amide bonds. The third-order valence-electron chi connectivity index (χ3n) is 3.26. The lowest BCUT2D eigenvalue weighted by Crippen LogP contribution is -2.37. The van der Waals surface area contributed by atoms with E-state index in [-0.39, 0.29) is 6.10 Å². The number of amidine groups is 1. The van der Waals surface area contributed by atoms with E-state index in [4.69, 9.17) is 9.47 Å². The Morgan fingerprint density at radius 1 is 1.19 bits per heavy atom. The van der Waals surface area contributed by atoms with Gasteiger partial charge in [0.2, 0.25) is 0 Å². The van der Waals surface area contributed by atoms with Crippen molar-refractivity contribution in [3.05, 3.63) is 29.3 Å². The molecule has 0 heterocycles. The van der Waals surface area contributed by atoms with Crippen molar-refractivity contribution < 1.29 is 14.6 Å². The Kier molecular flexibility index (Phi) is 9.45. The van der Waals surface area contributed by atoms with Crippen LogP contribution in [0.2, 0.25) is 0 Å². The van der Waals surface area contributed by atoms with Gasteiger partial charge in [0, 0.05) is 18.8 Å². The molecule has 2 unspecified atom stereocenters. The first-order valence-corrected chi connectivity index (χ1v) is 10.1. The van der Waals surface area contributed by atoms with Crippen LogP contribution < -0.4 is 5.32 Å². The normalized spacial score (nSPS) is 16.2. The van der Waals surface area contributed by atoms with Gasteiger partial charge in [0.25, 0.3) is 5.97 Å². The highest BCUT2D eigenvalue weighted by Crippen LogP contribution is 2.24. The number of ether oxygens (including phenoxy) is 2. The molecule has 0 saturated carbocycles. The fourth-order valence-electron chi connectivity index (χ4n) is 2.24. The van der Waals surface area contributed by atoms with Crippen molar-refractivity contribution in [1.82, 2.24) is 0 Å². The molecule has 0 saturated heterocycles. The van der Waals surface area contributed by atoms with E-state index in [1.807, 2.05) is 48.5 Å². The van der Waals surface area contributed by atoms with Gasteiger partial charge in [-0.05, 0) is 57.7 Å². The number of nitrogens with one attached hydrogen (secondary N) is 1. The number of thioether (sulfide) groups is 1. The summed E-state index contributed by atoms with van der Waals surface area (Å²) in [6.07, 6.45) is 1.61. The van der Waals surface area contributed by atoms with E-state index in [0.717, 1.165) is 16.8 Å². The van der Waals surface area contributed by atoms with Crippen molar-refractivity contribution in [2.45, 2.75) is 72.9 Å². The Balaban J connectivity index is 2.93. The minimum absolute atomic E-state index is 0.158. The molecule has 0 radical (unpaired) electrons. The Morgan fingerprint density at radius 2 is 1.85 bits per heavy atom. The van der Waals surface area contributed by atoms with Crippen molar-refractivity contribution in [1.29, 1.82) is 0 Å². The van der Waals surface area contributed by atoms with Crippen LogP contribution in [0.3, 0.4) is 0 Å². The van der Waals surface area contributed by atoms with Crippen molar-refractivity contribution in [2.75, 3.05) is 5.32 Å². The Labute approximate surface area is 167 Å². The van der Waals surface area contributed by atoms with Crippen LogP contribution in [-0.4, -0.2) is 34.0 Å². The summed E-state index contributed by atoms with van der Waals surface area (Å²) in [5.41, 5.74) is 2.80. The first-order valence-electron chi connectivity index (χ1n) is 9.18. The second-order valence-electron chi connectivity index (χ2n) is 7.22. The van der Waals surface area contributed by atoms with E-state index in [0.29, 0.717) is 11.1 Å². The topological polar surface area (TPSA) is 75.4 Å². The molecule has 0 spiro atoms. The van der Waals surface area contributed by atoms with Gasteiger partial charge in [-0.1, -0.05) is 37.7 Å². The molecular weight excluding hydrogens is 362 g/mol. The van der Waals surface area contributed by atoms with Crippen LogP contribution in [0, 0.1) is 19.8 Å². The molecule has 0 aliphatic rings. The average Bonchev–Trinajstić information content (AvgIpc) is 2.48. The lowest BCUT2D eigenvalue weighted by atomic mass is 10.1. The van der Waals surface area contributed by atoms with Gasteiger partial charge < -0.3 is 19.9 Å². The van der Waals surface area contributed by atoms with Crippen LogP contribution in [0.5, 0.6) is 0 Å². The summed E-state index contributed by atoms with van der Waals surface area (Å²) in [4.78, 5) is 0. The molecule has 0 aromatic heterocycles. The van der Waals surface area contributed by atoms with Gasteiger partial charge in [-0.25, -0.2) is 0 Å². The summed E-state index contributed by atoms with van der Waals surface area (Å²) in [7, 11) is 0. The standard InChI is InChI=1S/C20H33N3O3S/c1-13(2)12-21-23-19(22-18-11-15(5)9-10-16(18)6)27-17(7)26-20(8,24)25-14(3)4/h9-14,17,24H,1-8H3,(H,22,23)/b21-12+. The Morgan fingerprint density at radius 3 is 2.44 bits per heavy atom. The molecule has 7 heteroatoms. The van der Waals surface area contributed by atoms with Gasteiger partial charge >= 0.3 is 0 Å². The molecule has 0 aliphatic heterocycles. The number of nitrogens with zero attached hydrogens (tertiary/aromatic N) is 2. The number of hydrogen-bond acceptors (Lipinski definition) is 6. The molecule has 0 aliphatic carbocycles. The summed E-state index contributed by atoms with van der Waals surface area (Å²) in [6.45, 7) is 15.1. The third-order valence-corrected chi connectivity index (χ3v) is 4.10. The monoisotopic (exact) mass is 395 g/mol. The fraction of sp³-hybridized carbons (Fsp3) is 0.600. The molecule has 1 aromatic rings. The van der Waals surface area contributed by atoms with Crippen molar-refractivity contribution >= 4 is 28.8 Å². The van der Waals surface area contributed by atoms with Gasteiger partial charge in [-0.15, -0.1) is 5.10 Å². The van der Waals surface area contributed by atoms with Crippen molar-refractivity contribution in [3.8, 4) is 0 Å².